The zero-order valence-electron chi connectivity index (χ0n) is 15.4. The van der Waals surface area contributed by atoms with Gasteiger partial charge in [0.2, 0.25) is 0 Å². The molecule has 11 heteroatoms. The van der Waals surface area contributed by atoms with E-state index in [-0.39, 0.29) is 21.1 Å². The number of rotatable bonds is 6. The summed E-state index contributed by atoms with van der Waals surface area (Å²) in [5, 5.41) is 3.85. The van der Waals surface area contributed by atoms with Crippen LogP contribution in [0.3, 0.4) is 0 Å². The first-order valence-corrected chi connectivity index (χ1v) is 10.7. The molecule has 0 aliphatic carbocycles. The lowest BCUT2D eigenvalue weighted by Gasteiger charge is -2.11. The highest BCUT2D eigenvalue weighted by Crippen LogP contribution is 2.31. The van der Waals surface area contributed by atoms with Crippen LogP contribution in [0.4, 0.5) is 24.5 Å². The lowest BCUT2D eigenvalue weighted by molar-refractivity contribution is -0.137. The fourth-order valence-electron chi connectivity index (χ4n) is 2.49. The Bertz CT molecular complexity index is 1160. The van der Waals surface area contributed by atoms with Crippen molar-refractivity contribution < 1.29 is 31.1 Å². The number of amides is 1. The number of carbonyl (C=O) groups excluding carboxylic acids is 1. The number of ether oxygens (including phenoxy) is 1. The molecule has 0 aliphatic heterocycles. The first-order valence-electron chi connectivity index (χ1n) is 8.33. The number of carbonyl (C=O) groups is 1. The van der Waals surface area contributed by atoms with Gasteiger partial charge in [0, 0.05) is 5.69 Å². The van der Waals surface area contributed by atoms with Crippen molar-refractivity contribution in [1.82, 2.24) is 0 Å². The number of hydrogen-bond donors (Lipinski definition) is 2. The topological polar surface area (TPSA) is 84.5 Å². The molecule has 0 radical (unpaired) electrons. The number of sulfonamides is 1. The van der Waals surface area contributed by atoms with Crippen LogP contribution < -0.4 is 14.8 Å². The van der Waals surface area contributed by atoms with E-state index in [1.807, 2.05) is 0 Å². The molecule has 158 valence electrons. The van der Waals surface area contributed by atoms with Crippen molar-refractivity contribution in [3.8, 4) is 5.75 Å². The highest BCUT2D eigenvalue weighted by molar-refractivity contribution is 7.92. The Morgan fingerprint density at radius 2 is 1.77 bits per heavy atom. The van der Waals surface area contributed by atoms with Gasteiger partial charge in [-0.05, 0) is 53.9 Å². The molecule has 0 unspecified atom stereocenters. The van der Waals surface area contributed by atoms with Gasteiger partial charge in [-0.1, -0.05) is 6.07 Å². The van der Waals surface area contributed by atoms with Crippen molar-refractivity contribution in [2.45, 2.75) is 11.1 Å². The summed E-state index contributed by atoms with van der Waals surface area (Å²) in [5.41, 5.74) is -0.959. The Hall–Kier alpha value is -3.05. The number of anilines is 2. The Morgan fingerprint density at radius 3 is 2.40 bits per heavy atom. The molecule has 1 heterocycles. The van der Waals surface area contributed by atoms with Crippen LogP contribution in [0.15, 0.2) is 64.9 Å². The maximum atomic E-state index is 12.8. The first kappa shape index (κ1) is 21.7. The van der Waals surface area contributed by atoms with E-state index in [0.717, 1.165) is 23.5 Å². The highest BCUT2D eigenvalue weighted by Gasteiger charge is 2.30. The number of methoxy groups -OCH3 is 1. The molecule has 0 bridgehead atoms. The summed E-state index contributed by atoms with van der Waals surface area (Å²) < 4.78 is 71.0. The van der Waals surface area contributed by atoms with Crippen LogP contribution in [0.25, 0.3) is 0 Å². The minimum Gasteiger partial charge on any atom is -0.497 e. The predicted octanol–water partition coefficient (Wildman–Crippen LogP) is 4.83. The van der Waals surface area contributed by atoms with Crippen LogP contribution in [0.2, 0.25) is 0 Å². The summed E-state index contributed by atoms with van der Waals surface area (Å²) in [6, 6.07) is 11.2. The Kier molecular flexibility index (Phi) is 6.04. The Balaban J connectivity index is 1.80. The minimum absolute atomic E-state index is 0.00417. The molecule has 0 aliphatic rings. The molecule has 0 atom stereocenters. The highest BCUT2D eigenvalue weighted by atomic mass is 32.2. The average molecular weight is 456 g/mol. The molecule has 3 aromatic rings. The molecule has 30 heavy (non-hydrogen) atoms. The van der Waals surface area contributed by atoms with Gasteiger partial charge >= 0.3 is 6.18 Å². The van der Waals surface area contributed by atoms with Crippen LogP contribution in [-0.2, 0) is 16.2 Å². The zero-order valence-corrected chi connectivity index (χ0v) is 17.0. The van der Waals surface area contributed by atoms with Gasteiger partial charge in [-0.2, -0.15) is 13.2 Å². The molecule has 0 fully saturated rings. The summed E-state index contributed by atoms with van der Waals surface area (Å²) in [4.78, 5) is 12.5. The monoisotopic (exact) mass is 456 g/mol. The summed E-state index contributed by atoms with van der Waals surface area (Å²) in [6.45, 7) is 0. The fourth-order valence-corrected chi connectivity index (χ4v) is 4.37. The zero-order chi connectivity index (χ0) is 21.9. The largest absolute Gasteiger partial charge is 0.497 e. The van der Waals surface area contributed by atoms with E-state index < -0.39 is 27.7 Å². The first-order chi connectivity index (χ1) is 14.1. The summed E-state index contributed by atoms with van der Waals surface area (Å²) in [5.74, 6) is -0.262. The second kappa shape index (κ2) is 8.36. The number of halogens is 3. The third-order valence-electron chi connectivity index (χ3n) is 3.93. The Morgan fingerprint density at radius 1 is 1.07 bits per heavy atom. The SMILES string of the molecule is COc1ccc(S(=O)(=O)Nc2ccsc2C(=O)Nc2cccc(C(F)(F)F)c2)cc1. The molecule has 1 amide bonds. The van der Waals surface area contributed by atoms with E-state index in [1.54, 1.807) is 0 Å². The fraction of sp³-hybridized carbons (Fsp3) is 0.105. The van der Waals surface area contributed by atoms with Crippen molar-refractivity contribution in [3.05, 3.63) is 70.4 Å². The quantitative estimate of drug-likeness (QED) is 0.557. The third-order valence-corrected chi connectivity index (χ3v) is 6.23. The third kappa shape index (κ3) is 4.92. The van der Waals surface area contributed by atoms with Gasteiger partial charge in [0.1, 0.15) is 10.6 Å². The van der Waals surface area contributed by atoms with Crippen LogP contribution in [0.1, 0.15) is 15.2 Å². The standard InChI is InChI=1S/C19H15F3N2O4S2/c1-28-14-5-7-15(8-6-14)30(26,27)24-16-9-10-29-17(16)18(25)23-13-4-2-3-12(11-13)19(20,21)22/h2-11,24H,1H3,(H,23,25). The molecule has 3 rings (SSSR count). The molecule has 0 saturated carbocycles. The maximum Gasteiger partial charge on any atom is 0.416 e. The summed E-state index contributed by atoms with van der Waals surface area (Å²) in [7, 11) is -2.54. The predicted molar refractivity (Wildman–Crippen MR) is 108 cm³/mol. The van der Waals surface area contributed by atoms with Gasteiger partial charge in [0.15, 0.2) is 0 Å². The second-order valence-corrected chi connectivity index (χ2v) is 8.58. The smallest absolute Gasteiger partial charge is 0.416 e. The molecular formula is C19H15F3N2O4S2. The Labute approximate surface area is 174 Å². The van der Waals surface area contributed by atoms with E-state index >= 15 is 0 Å². The number of nitrogens with one attached hydrogen (secondary N) is 2. The average Bonchev–Trinajstić information content (AvgIpc) is 3.15. The summed E-state index contributed by atoms with van der Waals surface area (Å²) >= 11 is 0.947. The van der Waals surface area contributed by atoms with Crippen molar-refractivity contribution >= 4 is 38.6 Å². The van der Waals surface area contributed by atoms with Gasteiger partial charge in [0.25, 0.3) is 15.9 Å². The number of hydrogen-bond acceptors (Lipinski definition) is 5. The van der Waals surface area contributed by atoms with Gasteiger partial charge in [-0.15, -0.1) is 11.3 Å². The van der Waals surface area contributed by atoms with E-state index in [1.165, 1.54) is 55.0 Å². The molecule has 0 spiro atoms. The normalized spacial score (nSPS) is 11.7. The van der Waals surface area contributed by atoms with Crippen molar-refractivity contribution in [1.29, 1.82) is 0 Å². The molecule has 0 saturated heterocycles. The van der Waals surface area contributed by atoms with Crippen LogP contribution in [0.5, 0.6) is 5.75 Å². The number of benzene rings is 2. The van der Waals surface area contributed by atoms with Crippen LogP contribution in [0, 0.1) is 0 Å². The lowest BCUT2D eigenvalue weighted by Crippen LogP contribution is -2.17. The van der Waals surface area contributed by atoms with Crippen molar-refractivity contribution in [2.75, 3.05) is 17.1 Å². The van der Waals surface area contributed by atoms with E-state index in [9.17, 15) is 26.4 Å². The van der Waals surface area contributed by atoms with E-state index in [4.69, 9.17) is 4.74 Å². The van der Waals surface area contributed by atoms with Gasteiger partial charge in [0.05, 0.1) is 23.3 Å². The number of thiophene rings is 1. The van der Waals surface area contributed by atoms with Gasteiger partial charge in [-0.3, -0.25) is 9.52 Å². The van der Waals surface area contributed by atoms with Crippen LogP contribution >= 0.6 is 11.3 Å². The molecular weight excluding hydrogens is 441 g/mol. The van der Waals surface area contributed by atoms with E-state index in [0.29, 0.717) is 5.75 Å². The second-order valence-electron chi connectivity index (χ2n) is 5.98. The molecule has 1 aromatic heterocycles. The van der Waals surface area contributed by atoms with Gasteiger partial charge < -0.3 is 10.1 Å². The van der Waals surface area contributed by atoms with Crippen LogP contribution in [-0.4, -0.2) is 21.4 Å². The molecule has 2 N–H and O–H groups in total. The molecule has 2 aromatic carbocycles. The summed E-state index contributed by atoms with van der Waals surface area (Å²) in [6.07, 6.45) is -4.55. The minimum atomic E-state index is -4.55. The molecule has 6 nitrogen and oxygen atoms in total. The van der Waals surface area contributed by atoms with E-state index in [2.05, 4.69) is 10.0 Å². The number of alkyl halides is 3. The maximum absolute atomic E-state index is 12.8. The van der Waals surface area contributed by atoms with Crippen molar-refractivity contribution in [3.63, 3.8) is 0 Å². The lowest BCUT2D eigenvalue weighted by atomic mass is 10.2. The van der Waals surface area contributed by atoms with Crippen molar-refractivity contribution in [2.24, 2.45) is 0 Å². The van der Waals surface area contributed by atoms with Gasteiger partial charge in [-0.25, -0.2) is 8.42 Å².